The number of nitrogens with zero attached hydrogens (tertiary/aromatic N) is 1. The van der Waals surface area contributed by atoms with Crippen molar-refractivity contribution in [2.24, 2.45) is 0 Å². The summed E-state index contributed by atoms with van der Waals surface area (Å²) >= 11 is 0. The Bertz CT molecular complexity index is 3020. The second-order valence-corrected chi connectivity index (χ2v) is 14.3. The summed E-state index contributed by atoms with van der Waals surface area (Å²) in [7, 11) is 0. The molecule has 0 atom stereocenters. The third kappa shape index (κ3) is 5.49. The molecule has 0 aliphatic rings. The highest BCUT2D eigenvalue weighted by Crippen LogP contribution is 2.39. The fourth-order valence-electron chi connectivity index (χ4n) is 8.15. The molecular formula is C53H33NO2. The lowest BCUT2D eigenvalue weighted by atomic mass is 9.95. The van der Waals surface area contributed by atoms with E-state index >= 15 is 0 Å². The molecule has 3 heterocycles. The van der Waals surface area contributed by atoms with Crippen molar-refractivity contribution in [3.8, 4) is 66.8 Å². The Morgan fingerprint density at radius 2 is 0.625 bits per heavy atom. The highest BCUT2D eigenvalue weighted by Gasteiger charge is 2.14. The second-order valence-electron chi connectivity index (χ2n) is 14.3. The molecule has 262 valence electrons. The SMILES string of the molecule is c1cc(-c2ccc(-c3cccc4c3oc3ccccc34)cc2)cc(-c2cncc(-c3cccc(-c4ccc(-c5cccc6c5oc5ccccc56)cc4)c3)c2)c1. The lowest BCUT2D eigenvalue weighted by molar-refractivity contribution is 0.669. The predicted octanol–water partition coefficient (Wildman–Crippen LogP) is 14.9. The van der Waals surface area contributed by atoms with E-state index in [1.807, 2.05) is 36.7 Å². The van der Waals surface area contributed by atoms with Crippen LogP contribution in [0.3, 0.4) is 0 Å². The highest BCUT2D eigenvalue weighted by atomic mass is 16.3. The fourth-order valence-corrected chi connectivity index (χ4v) is 8.15. The van der Waals surface area contributed by atoms with E-state index in [1.54, 1.807) is 0 Å². The maximum atomic E-state index is 6.32. The number of furan rings is 2. The molecule has 0 bridgehead atoms. The minimum absolute atomic E-state index is 0.911. The topological polar surface area (TPSA) is 39.2 Å². The van der Waals surface area contributed by atoms with E-state index in [2.05, 4.69) is 164 Å². The van der Waals surface area contributed by atoms with Crippen LogP contribution in [-0.2, 0) is 0 Å². The zero-order valence-corrected chi connectivity index (χ0v) is 30.3. The molecule has 8 aromatic carbocycles. The number of aromatic nitrogens is 1. The van der Waals surface area contributed by atoms with Crippen LogP contribution in [0.15, 0.2) is 209 Å². The Morgan fingerprint density at radius 3 is 1.09 bits per heavy atom. The molecule has 0 aliphatic carbocycles. The van der Waals surface area contributed by atoms with Gasteiger partial charge in [-0.05, 0) is 74.8 Å². The minimum atomic E-state index is 0.911. The maximum absolute atomic E-state index is 6.32. The molecule has 0 aliphatic heterocycles. The van der Waals surface area contributed by atoms with Gasteiger partial charge < -0.3 is 8.83 Å². The molecule has 56 heavy (non-hydrogen) atoms. The first-order valence-corrected chi connectivity index (χ1v) is 18.9. The van der Waals surface area contributed by atoms with Crippen LogP contribution in [0.1, 0.15) is 0 Å². The summed E-state index contributed by atoms with van der Waals surface area (Å²) in [4.78, 5) is 4.70. The molecule has 0 fully saturated rings. The van der Waals surface area contributed by atoms with Crippen LogP contribution in [0.25, 0.3) is 111 Å². The summed E-state index contributed by atoms with van der Waals surface area (Å²) in [5.41, 5.74) is 17.1. The molecule has 0 saturated carbocycles. The van der Waals surface area contributed by atoms with E-state index in [9.17, 15) is 0 Å². The van der Waals surface area contributed by atoms with Crippen LogP contribution in [0.4, 0.5) is 0 Å². The van der Waals surface area contributed by atoms with E-state index in [4.69, 9.17) is 13.8 Å². The van der Waals surface area contributed by atoms with Gasteiger partial charge in [-0.2, -0.15) is 0 Å². The van der Waals surface area contributed by atoms with Crippen molar-refractivity contribution in [2.75, 3.05) is 0 Å². The molecule has 3 aromatic heterocycles. The van der Waals surface area contributed by atoms with Crippen molar-refractivity contribution in [1.29, 1.82) is 0 Å². The Hall–Kier alpha value is -7.49. The number of pyridine rings is 1. The van der Waals surface area contributed by atoms with Gasteiger partial charge in [0.2, 0.25) is 0 Å². The monoisotopic (exact) mass is 715 g/mol. The van der Waals surface area contributed by atoms with Crippen molar-refractivity contribution < 1.29 is 8.83 Å². The Kier molecular flexibility index (Phi) is 7.49. The molecule has 3 nitrogen and oxygen atoms in total. The number of hydrogen-bond donors (Lipinski definition) is 0. The van der Waals surface area contributed by atoms with Crippen LogP contribution in [0, 0.1) is 0 Å². The number of para-hydroxylation sites is 4. The lowest BCUT2D eigenvalue weighted by Gasteiger charge is -2.10. The molecule has 0 amide bonds. The minimum Gasteiger partial charge on any atom is -0.455 e. The van der Waals surface area contributed by atoms with Crippen LogP contribution in [-0.4, -0.2) is 4.98 Å². The van der Waals surface area contributed by atoms with Gasteiger partial charge in [-0.15, -0.1) is 0 Å². The van der Waals surface area contributed by atoms with Gasteiger partial charge in [-0.3, -0.25) is 4.98 Å². The standard InChI is InChI=1S/C53H33NO2/c1-3-19-50-46(13-1)48-17-7-15-44(52(48)55-50)36-25-21-34(22-26-36)38-9-5-11-40(29-38)42-31-43(33-54-32-42)41-12-6-10-39(30-41)35-23-27-37(28-24-35)45-16-8-18-49-47-14-2-4-20-51(47)56-53(45)49/h1-33H. The zero-order chi connectivity index (χ0) is 37.0. The van der Waals surface area contributed by atoms with Crippen LogP contribution in [0.2, 0.25) is 0 Å². The molecule has 3 heteroatoms. The van der Waals surface area contributed by atoms with Crippen molar-refractivity contribution in [1.82, 2.24) is 4.98 Å². The predicted molar refractivity (Wildman–Crippen MR) is 231 cm³/mol. The van der Waals surface area contributed by atoms with Crippen LogP contribution in [0.5, 0.6) is 0 Å². The Morgan fingerprint density at radius 1 is 0.268 bits per heavy atom. The molecule has 0 spiro atoms. The van der Waals surface area contributed by atoms with E-state index in [0.717, 1.165) is 111 Å². The van der Waals surface area contributed by atoms with Crippen molar-refractivity contribution in [2.45, 2.75) is 0 Å². The second kappa shape index (κ2) is 13.1. The fraction of sp³-hybridized carbons (Fsp3) is 0. The normalized spacial score (nSPS) is 11.6. The van der Waals surface area contributed by atoms with Gasteiger partial charge in [-0.25, -0.2) is 0 Å². The summed E-state index contributed by atoms with van der Waals surface area (Å²) in [6.45, 7) is 0. The van der Waals surface area contributed by atoms with Gasteiger partial charge in [0.25, 0.3) is 0 Å². The van der Waals surface area contributed by atoms with Crippen molar-refractivity contribution in [3.05, 3.63) is 200 Å². The molecule has 11 rings (SSSR count). The first-order valence-electron chi connectivity index (χ1n) is 18.9. The number of fused-ring (bicyclic) bond motifs is 6. The number of benzene rings is 8. The Labute approximate surface area is 323 Å². The summed E-state index contributed by atoms with van der Waals surface area (Å²) in [6.07, 6.45) is 3.90. The highest BCUT2D eigenvalue weighted by molar-refractivity contribution is 6.10. The molecule has 0 radical (unpaired) electrons. The van der Waals surface area contributed by atoms with Gasteiger partial charge in [0.1, 0.15) is 22.3 Å². The molecule has 0 N–H and O–H groups in total. The maximum Gasteiger partial charge on any atom is 0.143 e. The average molecular weight is 716 g/mol. The molecule has 11 aromatic rings. The van der Waals surface area contributed by atoms with Crippen LogP contribution < -0.4 is 0 Å². The average Bonchev–Trinajstić information content (AvgIpc) is 3.86. The molecular weight excluding hydrogens is 683 g/mol. The van der Waals surface area contributed by atoms with Crippen LogP contribution >= 0.6 is 0 Å². The number of rotatable bonds is 6. The van der Waals surface area contributed by atoms with Crippen molar-refractivity contribution in [3.63, 3.8) is 0 Å². The lowest BCUT2D eigenvalue weighted by Crippen LogP contribution is -1.87. The first kappa shape index (κ1) is 32.0. The summed E-state index contributed by atoms with van der Waals surface area (Å²) in [5, 5.41) is 4.56. The van der Waals surface area contributed by atoms with Gasteiger partial charge in [0, 0.05) is 56.2 Å². The summed E-state index contributed by atoms with van der Waals surface area (Å²) in [5.74, 6) is 0. The Balaban J connectivity index is 0.860. The third-order valence-corrected chi connectivity index (χ3v) is 11.0. The summed E-state index contributed by atoms with van der Waals surface area (Å²) in [6, 6.07) is 66.4. The van der Waals surface area contributed by atoms with Gasteiger partial charge >= 0.3 is 0 Å². The van der Waals surface area contributed by atoms with Gasteiger partial charge in [0.15, 0.2) is 0 Å². The van der Waals surface area contributed by atoms with Crippen molar-refractivity contribution >= 4 is 43.9 Å². The first-order chi connectivity index (χ1) is 27.7. The zero-order valence-electron chi connectivity index (χ0n) is 30.3. The van der Waals surface area contributed by atoms with Gasteiger partial charge in [-0.1, -0.05) is 158 Å². The summed E-state index contributed by atoms with van der Waals surface area (Å²) < 4.78 is 12.6. The molecule has 0 unspecified atom stereocenters. The quantitative estimate of drug-likeness (QED) is 0.172. The van der Waals surface area contributed by atoms with E-state index in [-0.39, 0.29) is 0 Å². The smallest absolute Gasteiger partial charge is 0.143 e. The van der Waals surface area contributed by atoms with Gasteiger partial charge in [0.05, 0.1) is 0 Å². The largest absolute Gasteiger partial charge is 0.455 e. The molecule has 0 saturated heterocycles. The van der Waals surface area contributed by atoms with E-state index < -0.39 is 0 Å². The third-order valence-electron chi connectivity index (χ3n) is 11.0. The van der Waals surface area contributed by atoms with E-state index in [1.165, 1.54) is 0 Å². The number of hydrogen-bond acceptors (Lipinski definition) is 3. The van der Waals surface area contributed by atoms with E-state index in [0.29, 0.717) is 0 Å².